The number of fused-ring (bicyclic) bond motifs is 1. The third-order valence-corrected chi connectivity index (χ3v) is 4.15. The molecule has 2 aliphatic heterocycles. The SMILES string of the molecule is CC1CCCC(CN)N1C(=O)c1ccc2c(c1)OCO2. The van der Waals surface area contributed by atoms with E-state index in [2.05, 4.69) is 6.92 Å². The number of hydrogen-bond donors (Lipinski definition) is 1. The van der Waals surface area contributed by atoms with E-state index in [4.69, 9.17) is 15.2 Å². The van der Waals surface area contributed by atoms with E-state index in [1.54, 1.807) is 18.2 Å². The number of benzene rings is 1. The maximum atomic E-state index is 12.8. The summed E-state index contributed by atoms with van der Waals surface area (Å²) in [6, 6.07) is 5.72. The Hall–Kier alpha value is -1.75. The summed E-state index contributed by atoms with van der Waals surface area (Å²) < 4.78 is 10.6. The predicted octanol–water partition coefficient (Wildman–Crippen LogP) is 1.76. The summed E-state index contributed by atoms with van der Waals surface area (Å²) in [7, 11) is 0. The second-order valence-electron chi connectivity index (χ2n) is 5.45. The topological polar surface area (TPSA) is 64.8 Å². The van der Waals surface area contributed by atoms with Crippen molar-refractivity contribution in [3.05, 3.63) is 23.8 Å². The number of ether oxygens (including phenoxy) is 2. The molecule has 2 aliphatic rings. The van der Waals surface area contributed by atoms with Gasteiger partial charge in [0.15, 0.2) is 11.5 Å². The number of carbonyl (C=O) groups is 1. The Morgan fingerprint density at radius 1 is 1.35 bits per heavy atom. The number of likely N-dealkylation sites (tertiary alicyclic amines) is 1. The summed E-state index contributed by atoms with van der Waals surface area (Å²) in [5, 5.41) is 0. The smallest absolute Gasteiger partial charge is 0.254 e. The summed E-state index contributed by atoms with van der Waals surface area (Å²) in [6.07, 6.45) is 3.15. The summed E-state index contributed by atoms with van der Waals surface area (Å²) in [5.41, 5.74) is 6.46. The average Bonchev–Trinajstić information content (AvgIpc) is 2.93. The van der Waals surface area contributed by atoms with E-state index in [-0.39, 0.29) is 24.8 Å². The van der Waals surface area contributed by atoms with E-state index in [1.165, 1.54) is 0 Å². The van der Waals surface area contributed by atoms with Crippen molar-refractivity contribution >= 4 is 5.91 Å². The van der Waals surface area contributed by atoms with Crippen molar-refractivity contribution in [1.82, 2.24) is 4.90 Å². The van der Waals surface area contributed by atoms with Crippen LogP contribution in [-0.2, 0) is 0 Å². The predicted molar refractivity (Wildman–Crippen MR) is 74.9 cm³/mol. The van der Waals surface area contributed by atoms with Gasteiger partial charge in [0, 0.05) is 24.2 Å². The number of carbonyl (C=O) groups excluding carboxylic acids is 1. The molecule has 1 amide bonds. The van der Waals surface area contributed by atoms with Gasteiger partial charge in [-0.25, -0.2) is 0 Å². The van der Waals surface area contributed by atoms with Crippen LogP contribution in [0.3, 0.4) is 0 Å². The molecule has 0 aliphatic carbocycles. The Bertz CT molecular complexity index is 518. The quantitative estimate of drug-likeness (QED) is 0.894. The van der Waals surface area contributed by atoms with E-state index in [0.29, 0.717) is 23.6 Å². The van der Waals surface area contributed by atoms with Crippen molar-refractivity contribution in [2.24, 2.45) is 5.73 Å². The zero-order valence-electron chi connectivity index (χ0n) is 11.7. The van der Waals surface area contributed by atoms with Gasteiger partial charge in [0.2, 0.25) is 6.79 Å². The molecule has 1 saturated heterocycles. The first-order valence-corrected chi connectivity index (χ1v) is 7.13. The molecule has 2 atom stereocenters. The molecular weight excluding hydrogens is 256 g/mol. The number of piperidine rings is 1. The van der Waals surface area contributed by atoms with Crippen molar-refractivity contribution in [2.75, 3.05) is 13.3 Å². The van der Waals surface area contributed by atoms with E-state index >= 15 is 0 Å². The standard InChI is InChI=1S/C15H20N2O3/c1-10-3-2-4-12(8-16)17(10)15(18)11-5-6-13-14(7-11)20-9-19-13/h5-7,10,12H,2-4,8-9,16H2,1H3. The molecule has 2 N–H and O–H groups in total. The van der Waals surface area contributed by atoms with Gasteiger partial charge in [0.1, 0.15) is 0 Å². The minimum absolute atomic E-state index is 0.0333. The van der Waals surface area contributed by atoms with Crippen molar-refractivity contribution in [3.63, 3.8) is 0 Å². The molecule has 0 bridgehead atoms. The normalized spacial score (nSPS) is 24.8. The van der Waals surface area contributed by atoms with Crippen LogP contribution in [0.4, 0.5) is 0 Å². The van der Waals surface area contributed by atoms with Crippen LogP contribution in [0, 0.1) is 0 Å². The van der Waals surface area contributed by atoms with Crippen LogP contribution in [0.25, 0.3) is 0 Å². The molecule has 1 aromatic carbocycles. The molecule has 5 heteroatoms. The van der Waals surface area contributed by atoms with Crippen molar-refractivity contribution < 1.29 is 14.3 Å². The molecule has 0 aromatic heterocycles. The Balaban J connectivity index is 1.87. The lowest BCUT2D eigenvalue weighted by molar-refractivity contribution is 0.0494. The molecule has 0 spiro atoms. The molecule has 108 valence electrons. The van der Waals surface area contributed by atoms with Gasteiger partial charge >= 0.3 is 0 Å². The van der Waals surface area contributed by atoms with Gasteiger partial charge in [-0.1, -0.05) is 0 Å². The highest BCUT2D eigenvalue weighted by Gasteiger charge is 2.32. The zero-order chi connectivity index (χ0) is 14.1. The van der Waals surface area contributed by atoms with Gasteiger partial charge in [-0.05, 0) is 44.4 Å². The highest BCUT2D eigenvalue weighted by Crippen LogP contribution is 2.33. The number of nitrogens with zero attached hydrogens (tertiary/aromatic N) is 1. The summed E-state index contributed by atoms with van der Waals surface area (Å²) >= 11 is 0. The molecule has 3 rings (SSSR count). The van der Waals surface area contributed by atoms with Gasteiger partial charge in [0.05, 0.1) is 0 Å². The van der Waals surface area contributed by atoms with Crippen LogP contribution in [0.15, 0.2) is 18.2 Å². The van der Waals surface area contributed by atoms with Crippen molar-refractivity contribution in [3.8, 4) is 11.5 Å². The lowest BCUT2D eigenvalue weighted by Crippen LogP contribution is -2.51. The second-order valence-corrected chi connectivity index (χ2v) is 5.45. The van der Waals surface area contributed by atoms with Gasteiger partial charge in [0.25, 0.3) is 5.91 Å². The van der Waals surface area contributed by atoms with Crippen LogP contribution in [0.2, 0.25) is 0 Å². The van der Waals surface area contributed by atoms with Gasteiger partial charge in [-0.3, -0.25) is 4.79 Å². The summed E-state index contributed by atoms with van der Waals surface area (Å²) in [6.45, 7) is 2.83. The van der Waals surface area contributed by atoms with E-state index in [0.717, 1.165) is 19.3 Å². The Kier molecular flexibility index (Phi) is 3.53. The van der Waals surface area contributed by atoms with E-state index in [1.807, 2.05) is 4.90 Å². The number of amides is 1. The molecule has 1 fully saturated rings. The van der Waals surface area contributed by atoms with Crippen LogP contribution < -0.4 is 15.2 Å². The minimum Gasteiger partial charge on any atom is -0.454 e. The molecule has 2 heterocycles. The molecule has 0 radical (unpaired) electrons. The highest BCUT2D eigenvalue weighted by atomic mass is 16.7. The van der Waals surface area contributed by atoms with Gasteiger partial charge in [-0.15, -0.1) is 0 Å². The maximum Gasteiger partial charge on any atom is 0.254 e. The van der Waals surface area contributed by atoms with E-state index in [9.17, 15) is 4.79 Å². The number of rotatable bonds is 2. The first kappa shape index (κ1) is 13.2. The Labute approximate surface area is 118 Å². The first-order chi connectivity index (χ1) is 9.70. The lowest BCUT2D eigenvalue weighted by Gasteiger charge is -2.40. The monoisotopic (exact) mass is 276 g/mol. The Morgan fingerprint density at radius 3 is 2.95 bits per heavy atom. The molecule has 2 unspecified atom stereocenters. The van der Waals surface area contributed by atoms with Gasteiger partial charge < -0.3 is 20.1 Å². The number of nitrogens with two attached hydrogens (primary N) is 1. The minimum atomic E-state index is 0.0333. The zero-order valence-corrected chi connectivity index (χ0v) is 11.7. The molecule has 0 saturated carbocycles. The summed E-state index contributed by atoms with van der Waals surface area (Å²) in [4.78, 5) is 14.7. The molecular formula is C15H20N2O3. The van der Waals surface area contributed by atoms with E-state index < -0.39 is 0 Å². The molecule has 20 heavy (non-hydrogen) atoms. The first-order valence-electron chi connectivity index (χ1n) is 7.13. The third kappa shape index (κ3) is 2.22. The largest absolute Gasteiger partial charge is 0.454 e. The fourth-order valence-electron chi connectivity index (χ4n) is 3.06. The van der Waals surface area contributed by atoms with Crippen molar-refractivity contribution in [2.45, 2.75) is 38.3 Å². The third-order valence-electron chi connectivity index (χ3n) is 4.15. The molecule has 5 nitrogen and oxygen atoms in total. The van der Waals surface area contributed by atoms with Crippen LogP contribution in [0.5, 0.6) is 11.5 Å². The van der Waals surface area contributed by atoms with Gasteiger partial charge in [-0.2, -0.15) is 0 Å². The second kappa shape index (κ2) is 5.32. The average molecular weight is 276 g/mol. The highest BCUT2D eigenvalue weighted by molar-refractivity contribution is 5.95. The fourth-order valence-corrected chi connectivity index (χ4v) is 3.06. The number of hydrogen-bond acceptors (Lipinski definition) is 4. The van der Waals surface area contributed by atoms with Crippen molar-refractivity contribution in [1.29, 1.82) is 0 Å². The van der Waals surface area contributed by atoms with Crippen LogP contribution >= 0.6 is 0 Å². The van der Waals surface area contributed by atoms with Crippen LogP contribution in [0.1, 0.15) is 36.5 Å². The lowest BCUT2D eigenvalue weighted by atomic mass is 9.95. The molecule has 1 aromatic rings. The Morgan fingerprint density at radius 2 is 2.15 bits per heavy atom. The fraction of sp³-hybridized carbons (Fsp3) is 0.533. The maximum absolute atomic E-state index is 12.8. The summed E-state index contributed by atoms with van der Waals surface area (Å²) in [5.74, 6) is 1.37. The van der Waals surface area contributed by atoms with Crippen LogP contribution in [-0.4, -0.2) is 36.2 Å².